The summed E-state index contributed by atoms with van der Waals surface area (Å²) in [6.45, 7) is 1.73. The van der Waals surface area contributed by atoms with Gasteiger partial charge < -0.3 is 5.11 Å². The highest BCUT2D eigenvalue weighted by molar-refractivity contribution is 5.51. The summed E-state index contributed by atoms with van der Waals surface area (Å²) in [4.78, 5) is 0. The van der Waals surface area contributed by atoms with Gasteiger partial charge in [-0.15, -0.1) is 0 Å². The minimum absolute atomic E-state index is 0.0561. The van der Waals surface area contributed by atoms with E-state index in [-0.39, 0.29) is 12.2 Å². The highest BCUT2D eigenvalue weighted by atomic mass is 16.3. The molecular weight excluding hydrogens is 164 g/mol. The van der Waals surface area contributed by atoms with Gasteiger partial charge >= 0.3 is 0 Å². The Balaban J connectivity index is 3.36. The summed E-state index contributed by atoms with van der Waals surface area (Å²) in [6.07, 6.45) is 0.0659. The van der Waals surface area contributed by atoms with Gasteiger partial charge in [0.15, 0.2) is 0 Å². The Labute approximate surface area is 76.5 Å². The van der Waals surface area contributed by atoms with E-state index < -0.39 is 0 Å². The van der Waals surface area contributed by atoms with Crippen molar-refractivity contribution in [1.82, 2.24) is 0 Å². The van der Waals surface area contributed by atoms with Gasteiger partial charge in [-0.1, -0.05) is 6.07 Å². The van der Waals surface area contributed by atoms with E-state index in [4.69, 9.17) is 10.5 Å². The van der Waals surface area contributed by atoms with E-state index in [1.54, 1.807) is 19.1 Å². The van der Waals surface area contributed by atoms with Crippen LogP contribution in [0.3, 0.4) is 0 Å². The van der Waals surface area contributed by atoms with E-state index in [1.165, 1.54) is 0 Å². The number of aromatic hydroxyl groups is 1. The molecule has 0 heterocycles. The molecule has 0 bridgehead atoms. The highest BCUT2D eigenvalue weighted by Gasteiger charge is 2.09. The molecule has 0 spiro atoms. The average Bonchev–Trinajstić information content (AvgIpc) is 2.14. The van der Waals surface area contributed by atoms with Crippen molar-refractivity contribution < 1.29 is 5.11 Å². The van der Waals surface area contributed by atoms with Gasteiger partial charge in [0.1, 0.15) is 5.75 Å². The highest BCUT2D eigenvalue weighted by Crippen LogP contribution is 2.25. The third-order valence-electron chi connectivity index (χ3n) is 1.86. The Hall–Kier alpha value is -2.00. The molecule has 0 radical (unpaired) electrons. The van der Waals surface area contributed by atoms with Crippen LogP contribution in [0.2, 0.25) is 0 Å². The van der Waals surface area contributed by atoms with Crippen LogP contribution < -0.4 is 0 Å². The van der Waals surface area contributed by atoms with Crippen molar-refractivity contribution in [3.8, 4) is 17.9 Å². The maximum absolute atomic E-state index is 9.54. The maximum atomic E-state index is 9.54. The molecular formula is C10H8N2O. The Morgan fingerprint density at radius 2 is 2.08 bits per heavy atom. The van der Waals surface area contributed by atoms with Gasteiger partial charge in [0.2, 0.25) is 0 Å². The lowest BCUT2D eigenvalue weighted by Gasteiger charge is -2.04. The number of phenols is 1. The number of benzene rings is 1. The molecule has 0 saturated heterocycles. The fraction of sp³-hybridized carbons (Fsp3) is 0.200. The standard InChI is InChI=1S/C10H8N2O/c1-7-2-3-8(6-12)9(4-5-11)10(7)13/h2-3,13H,4H2,1H3. The summed E-state index contributed by atoms with van der Waals surface area (Å²) in [6, 6.07) is 7.13. The first-order valence-electron chi connectivity index (χ1n) is 3.79. The summed E-state index contributed by atoms with van der Waals surface area (Å²) in [5, 5.41) is 26.7. The third-order valence-corrected chi connectivity index (χ3v) is 1.86. The zero-order chi connectivity index (χ0) is 9.84. The van der Waals surface area contributed by atoms with Crippen LogP contribution in [-0.2, 0) is 6.42 Å². The molecule has 1 N–H and O–H groups in total. The minimum Gasteiger partial charge on any atom is -0.507 e. The third kappa shape index (κ3) is 1.60. The number of hydrogen-bond acceptors (Lipinski definition) is 3. The lowest BCUT2D eigenvalue weighted by Crippen LogP contribution is -1.91. The van der Waals surface area contributed by atoms with Gasteiger partial charge in [-0.2, -0.15) is 10.5 Å². The molecule has 1 aromatic rings. The molecule has 1 rings (SSSR count). The van der Waals surface area contributed by atoms with Crippen LogP contribution in [0.25, 0.3) is 0 Å². The Morgan fingerprint density at radius 3 is 2.62 bits per heavy atom. The number of phenolic OH excluding ortho intramolecular Hbond substituents is 1. The van der Waals surface area contributed by atoms with Gasteiger partial charge in [0.25, 0.3) is 0 Å². The Bertz CT molecular complexity index is 410. The van der Waals surface area contributed by atoms with E-state index in [9.17, 15) is 5.11 Å². The fourth-order valence-electron chi connectivity index (χ4n) is 1.12. The van der Waals surface area contributed by atoms with Gasteiger partial charge in [0.05, 0.1) is 24.1 Å². The molecule has 13 heavy (non-hydrogen) atoms. The van der Waals surface area contributed by atoms with E-state index >= 15 is 0 Å². The maximum Gasteiger partial charge on any atom is 0.124 e. The van der Waals surface area contributed by atoms with Crippen molar-refractivity contribution in [2.24, 2.45) is 0 Å². The van der Waals surface area contributed by atoms with Crippen molar-refractivity contribution in [3.05, 3.63) is 28.8 Å². The summed E-state index contributed by atoms with van der Waals surface area (Å²) in [5.41, 5.74) is 1.47. The first-order chi connectivity index (χ1) is 6.20. The normalized spacial score (nSPS) is 8.85. The van der Waals surface area contributed by atoms with Crippen molar-refractivity contribution in [2.45, 2.75) is 13.3 Å². The quantitative estimate of drug-likeness (QED) is 0.700. The van der Waals surface area contributed by atoms with Crippen LogP contribution in [0.15, 0.2) is 12.1 Å². The molecule has 0 fully saturated rings. The molecule has 0 amide bonds. The molecule has 0 atom stereocenters. The second-order valence-electron chi connectivity index (χ2n) is 2.70. The van der Waals surface area contributed by atoms with Crippen LogP contribution in [0, 0.1) is 29.6 Å². The van der Waals surface area contributed by atoms with Gasteiger partial charge in [-0.05, 0) is 18.6 Å². The number of nitrogens with zero attached hydrogens (tertiary/aromatic N) is 2. The Kier molecular flexibility index (Phi) is 2.52. The minimum atomic E-state index is 0.0561. The summed E-state index contributed by atoms with van der Waals surface area (Å²) < 4.78 is 0. The number of hydrogen-bond donors (Lipinski definition) is 1. The molecule has 0 aliphatic carbocycles. The lowest BCUT2D eigenvalue weighted by molar-refractivity contribution is 0.465. The molecule has 0 unspecified atom stereocenters. The van der Waals surface area contributed by atoms with Gasteiger partial charge in [0, 0.05) is 5.56 Å². The number of aryl methyl sites for hydroxylation is 1. The average molecular weight is 172 g/mol. The van der Waals surface area contributed by atoms with Gasteiger partial charge in [-0.3, -0.25) is 0 Å². The van der Waals surface area contributed by atoms with Crippen LogP contribution in [-0.4, -0.2) is 5.11 Å². The van der Waals surface area contributed by atoms with E-state index in [0.717, 1.165) is 0 Å². The predicted molar refractivity (Wildman–Crippen MR) is 46.9 cm³/mol. The molecule has 0 saturated carbocycles. The van der Waals surface area contributed by atoms with Crippen molar-refractivity contribution in [1.29, 1.82) is 10.5 Å². The number of nitriles is 2. The molecule has 0 aliphatic heterocycles. The topological polar surface area (TPSA) is 67.8 Å². The summed E-state index contributed by atoms with van der Waals surface area (Å²) in [5.74, 6) is 0.0561. The molecule has 64 valence electrons. The largest absolute Gasteiger partial charge is 0.507 e. The zero-order valence-electron chi connectivity index (χ0n) is 7.20. The first-order valence-corrected chi connectivity index (χ1v) is 3.79. The van der Waals surface area contributed by atoms with Crippen LogP contribution in [0.5, 0.6) is 5.75 Å². The van der Waals surface area contributed by atoms with Crippen LogP contribution >= 0.6 is 0 Å². The van der Waals surface area contributed by atoms with Crippen LogP contribution in [0.4, 0.5) is 0 Å². The molecule has 0 aromatic heterocycles. The Morgan fingerprint density at radius 1 is 1.38 bits per heavy atom. The monoisotopic (exact) mass is 172 g/mol. The first kappa shape index (κ1) is 9.09. The SMILES string of the molecule is Cc1ccc(C#N)c(CC#N)c1O. The molecule has 1 aromatic carbocycles. The van der Waals surface area contributed by atoms with E-state index in [1.807, 2.05) is 12.1 Å². The fourth-order valence-corrected chi connectivity index (χ4v) is 1.12. The van der Waals surface area contributed by atoms with Crippen molar-refractivity contribution in [2.75, 3.05) is 0 Å². The zero-order valence-corrected chi connectivity index (χ0v) is 7.20. The second-order valence-corrected chi connectivity index (χ2v) is 2.70. The lowest BCUT2D eigenvalue weighted by atomic mass is 10.0. The van der Waals surface area contributed by atoms with Gasteiger partial charge in [-0.25, -0.2) is 0 Å². The molecule has 3 nitrogen and oxygen atoms in total. The second kappa shape index (κ2) is 3.60. The predicted octanol–water partition coefficient (Wildman–Crippen LogP) is 1.64. The van der Waals surface area contributed by atoms with E-state index in [0.29, 0.717) is 16.7 Å². The summed E-state index contributed by atoms with van der Waals surface area (Å²) in [7, 11) is 0. The van der Waals surface area contributed by atoms with Crippen molar-refractivity contribution in [3.63, 3.8) is 0 Å². The van der Waals surface area contributed by atoms with Crippen LogP contribution in [0.1, 0.15) is 16.7 Å². The smallest absolute Gasteiger partial charge is 0.124 e. The molecule has 3 heteroatoms. The summed E-state index contributed by atoms with van der Waals surface area (Å²) >= 11 is 0. The number of rotatable bonds is 1. The molecule has 0 aliphatic rings. The van der Waals surface area contributed by atoms with E-state index in [2.05, 4.69) is 0 Å². The van der Waals surface area contributed by atoms with Crippen molar-refractivity contribution >= 4 is 0 Å².